The Morgan fingerprint density at radius 1 is 0.962 bits per heavy atom. The summed E-state index contributed by atoms with van der Waals surface area (Å²) in [5, 5.41) is 0. The van der Waals surface area contributed by atoms with Crippen LogP contribution in [0.5, 0.6) is 11.8 Å². The molecule has 0 radical (unpaired) electrons. The number of nitrogens with zero attached hydrogens (tertiary/aromatic N) is 3. The van der Waals surface area contributed by atoms with Crippen LogP contribution in [0.1, 0.15) is 13.8 Å². The molecule has 0 aliphatic heterocycles. The Morgan fingerprint density at radius 2 is 1.62 bits per heavy atom. The normalized spacial score (nSPS) is 11.6. The van der Waals surface area contributed by atoms with Crippen molar-refractivity contribution in [2.24, 2.45) is 0 Å². The molecule has 0 aliphatic carbocycles. The molecule has 26 heavy (non-hydrogen) atoms. The lowest BCUT2D eigenvalue weighted by molar-refractivity contribution is -0.274. The maximum atomic E-state index is 12.2. The smallest absolute Gasteiger partial charge is 0.461 e. The zero-order chi connectivity index (χ0) is 18.7. The highest BCUT2D eigenvalue weighted by molar-refractivity contribution is 5.76. The maximum absolute atomic E-state index is 12.2. The Labute approximate surface area is 146 Å². The number of oxazole rings is 1. The van der Waals surface area contributed by atoms with Gasteiger partial charge in [0.25, 0.3) is 0 Å². The Hall–Kier alpha value is -3.10. The van der Waals surface area contributed by atoms with Gasteiger partial charge in [-0.1, -0.05) is 0 Å². The number of ether oxygens (including phenoxy) is 2. The van der Waals surface area contributed by atoms with E-state index in [1.54, 1.807) is 0 Å². The Morgan fingerprint density at radius 3 is 2.19 bits per heavy atom. The summed E-state index contributed by atoms with van der Waals surface area (Å²) < 4.78 is 51.3. The van der Waals surface area contributed by atoms with Crippen LogP contribution >= 0.6 is 0 Å². The van der Waals surface area contributed by atoms with Crippen molar-refractivity contribution in [3.8, 4) is 34.3 Å². The third-order valence-electron chi connectivity index (χ3n) is 3.16. The minimum Gasteiger partial charge on any atom is -0.461 e. The molecule has 0 aliphatic rings. The van der Waals surface area contributed by atoms with E-state index in [4.69, 9.17) is 9.15 Å². The van der Waals surface area contributed by atoms with E-state index in [9.17, 15) is 13.2 Å². The zero-order valence-electron chi connectivity index (χ0n) is 13.8. The van der Waals surface area contributed by atoms with Gasteiger partial charge in [-0.15, -0.1) is 13.2 Å². The van der Waals surface area contributed by atoms with Crippen LogP contribution < -0.4 is 9.47 Å². The van der Waals surface area contributed by atoms with Crippen LogP contribution in [0, 0.1) is 0 Å². The van der Waals surface area contributed by atoms with Gasteiger partial charge < -0.3 is 13.9 Å². The van der Waals surface area contributed by atoms with Crippen LogP contribution in [0.2, 0.25) is 0 Å². The van der Waals surface area contributed by atoms with Crippen molar-refractivity contribution < 1.29 is 27.1 Å². The van der Waals surface area contributed by atoms with Gasteiger partial charge in [0.2, 0.25) is 0 Å². The van der Waals surface area contributed by atoms with E-state index < -0.39 is 6.36 Å². The predicted octanol–water partition coefficient (Wildman–Crippen LogP) is 4.48. The fourth-order valence-electron chi connectivity index (χ4n) is 2.17. The molecule has 3 aromatic rings. The number of hydrogen-bond acceptors (Lipinski definition) is 6. The molecule has 0 spiro atoms. The summed E-state index contributed by atoms with van der Waals surface area (Å²) in [5.41, 5.74) is 1.58. The minimum absolute atomic E-state index is 0.0547. The first-order chi connectivity index (χ1) is 12.3. The molecule has 1 aromatic carbocycles. The first-order valence-electron chi connectivity index (χ1n) is 7.60. The van der Waals surface area contributed by atoms with Crippen molar-refractivity contribution in [1.82, 2.24) is 15.0 Å². The van der Waals surface area contributed by atoms with Gasteiger partial charge in [0.05, 0.1) is 6.10 Å². The van der Waals surface area contributed by atoms with Crippen molar-refractivity contribution in [2.45, 2.75) is 26.3 Å². The highest BCUT2D eigenvalue weighted by atomic mass is 19.4. The molecular weight excluding hydrogens is 351 g/mol. The molecule has 3 rings (SSSR count). The molecule has 136 valence electrons. The summed E-state index contributed by atoms with van der Waals surface area (Å²) in [6, 6.07) is 5.53. The van der Waals surface area contributed by atoms with Crippen molar-refractivity contribution >= 4 is 0 Å². The first kappa shape index (κ1) is 17.7. The lowest BCUT2D eigenvalue weighted by Gasteiger charge is -2.09. The summed E-state index contributed by atoms with van der Waals surface area (Å²) in [6.45, 7) is 3.72. The van der Waals surface area contributed by atoms with Crippen molar-refractivity contribution in [3.63, 3.8) is 0 Å². The summed E-state index contributed by atoms with van der Waals surface area (Å²) in [5.74, 6) is 0.0607. The number of rotatable bonds is 5. The van der Waals surface area contributed by atoms with Crippen LogP contribution in [-0.2, 0) is 0 Å². The predicted molar refractivity (Wildman–Crippen MR) is 85.4 cm³/mol. The molecule has 0 saturated carbocycles. The van der Waals surface area contributed by atoms with E-state index in [0.717, 1.165) is 0 Å². The van der Waals surface area contributed by atoms with Gasteiger partial charge in [-0.25, -0.2) is 15.0 Å². The molecule has 2 aromatic heterocycles. The van der Waals surface area contributed by atoms with Gasteiger partial charge in [0.15, 0.2) is 12.2 Å². The van der Waals surface area contributed by atoms with Crippen LogP contribution in [-0.4, -0.2) is 27.4 Å². The average molecular weight is 365 g/mol. The Bertz CT molecular complexity index is 859. The molecule has 9 heteroatoms. The quantitative estimate of drug-likeness (QED) is 0.664. The number of hydrogen-bond donors (Lipinski definition) is 0. The summed E-state index contributed by atoms with van der Waals surface area (Å²) >= 11 is 0. The molecule has 0 N–H and O–H groups in total. The van der Waals surface area contributed by atoms with E-state index >= 15 is 0 Å². The van der Waals surface area contributed by atoms with E-state index in [2.05, 4.69) is 19.7 Å². The SMILES string of the molecule is CC(C)Oc1ncc(-c2ncoc2-c2ccc(OC(F)(F)F)cc2)cn1. The molecule has 0 saturated heterocycles. The standard InChI is InChI=1S/C17H14F3N3O3/c1-10(2)25-16-21-7-12(8-22-16)14-15(24-9-23-14)11-3-5-13(6-4-11)26-17(18,19)20/h3-10H,1-2H3. The highest BCUT2D eigenvalue weighted by Crippen LogP contribution is 2.32. The number of benzene rings is 1. The number of alkyl halides is 3. The molecule has 2 heterocycles. The van der Waals surface area contributed by atoms with Crippen LogP contribution in [0.4, 0.5) is 13.2 Å². The monoisotopic (exact) mass is 365 g/mol. The lowest BCUT2D eigenvalue weighted by Crippen LogP contribution is -2.16. The fourth-order valence-corrected chi connectivity index (χ4v) is 2.17. The lowest BCUT2D eigenvalue weighted by atomic mass is 10.1. The first-order valence-corrected chi connectivity index (χ1v) is 7.60. The Kier molecular flexibility index (Phi) is 4.79. The fraction of sp³-hybridized carbons (Fsp3) is 0.235. The van der Waals surface area contributed by atoms with Crippen molar-refractivity contribution in [3.05, 3.63) is 43.1 Å². The van der Waals surface area contributed by atoms with Gasteiger partial charge in [-0.2, -0.15) is 0 Å². The zero-order valence-corrected chi connectivity index (χ0v) is 13.8. The largest absolute Gasteiger partial charge is 0.573 e. The van der Waals surface area contributed by atoms with E-state index in [1.165, 1.54) is 43.1 Å². The van der Waals surface area contributed by atoms with Gasteiger partial charge in [0, 0.05) is 23.5 Å². The van der Waals surface area contributed by atoms with Crippen LogP contribution in [0.3, 0.4) is 0 Å². The van der Waals surface area contributed by atoms with Crippen molar-refractivity contribution in [1.29, 1.82) is 0 Å². The third-order valence-corrected chi connectivity index (χ3v) is 3.16. The average Bonchev–Trinajstić information content (AvgIpc) is 3.04. The van der Waals surface area contributed by atoms with Gasteiger partial charge >= 0.3 is 12.4 Å². The Balaban J connectivity index is 1.84. The summed E-state index contributed by atoms with van der Waals surface area (Å²) in [7, 11) is 0. The van der Waals surface area contributed by atoms with Gasteiger partial charge in [-0.05, 0) is 38.1 Å². The molecule has 0 unspecified atom stereocenters. The second kappa shape index (κ2) is 7.03. The second-order valence-corrected chi connectivity index (χ2v) is 5.52. The maximum Gasteiger partial charge on any atom is 0.573 e. The molecule has 0 amide bonds. The molecule has 0 fully saturated rings. The van der Waals surface area contributed by atoms with E-state index in [1.807, 2.05) is 13.8 Å². The molecule has 0 bridgehead atoms. The number of halogens is 3. The molecular formula is C17H14F3N3O3. The highest BCUT2D eigenvalue weighted by Gasteiger charge is 2.31. The van der Waals surface area contributed by atoms with Crippen LogP contribution in [0.25, 0.3) is 22.6 Å². The second-order valence-electron chi connectivity index (χ2n) is 5.52. The van der Waals surface area contributed by atoms with E-state index in [-0.39, 0.29) is 17.9 Å². The van der Waals surface area contributed by atoms with Crippen molar-refractivity contribution in [2.75, 3.05) is 0 Å². The minimum atomic E-state index is -4.74. The van der Waals surface area contributed by atoms with E-state index in [0.29, 0.717) is 22.6 Å². The topological polar surface area (TPSA) is 70.3 Å². The van der Waals surface area contributed by atoms with Crippen LogP contribution in [0.15, 0.2) is 47.5 Å². The summed E-state index contributed by atoms with van der Waals surface area (Å²) in [6.07, 6.45) is -0.486. The van der Waals surface area contributed by atoms with Gasteiger partial charge in [0.1, 0.15) is 11.4 Å². The molecule has 0 atom stereocenters. The number of aromatic nitrogens is 3. The third kappa shape index (κ3) is 4.29. The molecule has 6 nitrogen and oxygen atoms in total. The van der Waals surface area contributed by atoms with Gasteiger partial charge in [-0.3, -0.25) is 0 Å². The summed E-state index contributed by atoms with van der Waals surface area (Å²) in [4.78, 5) is 12.3.